The second-order valence-corrected chi connectivity index (χ2v) is 4.31. The monoisotopic (exact) mass is 172 g/mol. The van der Waals surface area contributed by atoms with Crippen LogP contribution in [0.25, 0.3) is 0 Å². The Bertz CT molecular complexity index is 169. The molecule has 0 aliphatic carbocycles. The van der Waals surface area contributed by atoms with Crippen molar-refractivity contribution in [1.29, 1.82) is 0 Å². The third kappa shape index (κ3) is 1.15. The van der Waals surface area contributed by atoms with Crippen LogP contribution in [0.1, 0.15) is 25.7 Å². The summed E-state index contributed by atoms with van der Waals surface area (Å²) in [6, 6.07) is 0.912. The summed E-state index contributed by atoms with van der Waals surface area (Å²) in [4.78, 5) is 2.33. The topological polar surface area (TPSA) is 29.3 Å². The van der Waals surface area contributed by atoms with E-state index in [1.807, 2.05) is 0 Å². The van der Waals surface area contributed by atoms with E-state index >= 15 is 0 Å². The molecule has 2 fully saturated rings. The lowest BCUT2D eigenvalue weighted by Crippen LogP contribution is -2.50. The number of hydrogen-bond acceptors (Lipinski definition) is 2. The van der Waals surface area contributed by atoms with Crippen LogP contribution in [0.5, 0.6) is 0 Å². The summed E-state index contributed by atoms with van der Waals surface area (Å²) in [6.45, 7) is 0.202. The SMILES string of the molecule is CN1C2CCC1CC(F)(CN)C2. The standard InChI is InChI=1S/C9H17FN2/c1-12-7-2-3-8(12)5-9(10,4-7)6-11/h7-8H,2-6,11H2,1H3. The summed E-state index contributed by atoms with van der Waals surface area (Å²) in [5.41, 5.74) is 4.38. The third-order valence-corrected chi connectivity index (χ3v) is 3.55. The minimum absolute atomic E-state index is 0.202. The third-order valence-electron chi connectivity index (χ3n) is 3.55. The van der Waals surface area contributed by atoms with Gasteiger partial charge >= 0.3 is 0 Å². The minimum atomic E-state index is -1.06. The summed E-state index contributed by atoms with van der Waals surface area (Å²) in [6.07, 6.45) is 3.62. The zero-order chi connectivity index (χ0) is 8.77. The van der Waals surface area contributed by atoms with Crippen LogP contribution in [0.2, 0.25) is 0 Å². The Labute approximate surface area is 72.9 Å². The zero-order valence-corrected chi connectivity index (χ0v) is 7.59. The molecule has 0 aromatic rings. The van der Waals surface area contributed by atoms with Gasteiger partial charge in [-0.25, -0.2) is 4.39 Å². The first kappa shape index (κ1) is 8.45. The first-order chi connectivity index (χ1) is 5.64. The first-order valence-corrected chi connectivity index (χ1v) is 4.75. The van der Waals surface area contributed by atoms with Gasteiger partial charge < -0.3 is 10.6 Å². The second kappa shape index (κ2) is 2.67. The Morgan fingerprint density at radius 1 is 1.42 bits per heavy atom. The van der Waals surface area contributed by atoms with E-state index in [-0.39, 0.29) is 6.54 Å². The molecule has 2 saturated heterocycles. The minimum Gasteiger partial charge on any atom is -0.328 e. The number of fused-ring (bicyclic) bond motifs is 2. The van der Waals surface area contributed by atoms with Crippen molar-refractivity contribution in [2.75, 3.05) is 13.6 Å². The van der Waals surface area contributed by atoms with Crippen molar-refractivity contribution in [2.45, 2.75) is 43.4 Å². The van der Waals surface area contributed by atoms with E-state index in [0.29, 0.717) is 24.9 Å². The van der Waals surface area contributed by atoms with E-state index in [4.69, 9.17) is 5.73 Å². The van der Waals surface area contributed by atoms with Gasteiger partial charge in [-0.1, -0.05) is 0 Å². The molecule has 12 heavy (non-hydrogen) atoms. The van der Waals surface area contributed by atoms with Crippen LogP contribution in [0.15, 0.2) is 0 Å². The van der Waals surface area contributed by atoms with Crippen LogP contribution in [0.4, 0.5) is 4.39 Å². The molecule has 2 N–H and O–H groups in total. The van der Waals surface area contributed by atoms with Crippen molar-refractivity contribution in [3.8, 4) is 0 Å². The molecule has 0 spiro atoms. The van der Waals surface area contributed by atoms with Gasteiger partial charge in [0.2, 0.25) is 0 Å². The smallest absolute Gasteiger partial charge is 0.126 e. The number of alkyl halides is 1. The van der Waals surface area contributed by atoms with E-state index in [0.717, 1.165) is 12.8 Å². The summed E-state index contributed by atoms with van der Waals surface area (Å²) < 4.78 is 13.9. The zero-order valence-electron chi connectivity index (χ0n) is 7.59. The predicted molar refractivity (Wildman–Crippen MR) is 46.7 cm³/mol. The van der Waals surface area contributed by atoms with Crippen molar-refractivity contribution in [2.24, 2.45) is 5.73 Å². The van der Waals surface area contributed by atoms with Crippen molar-refractivity contribution < 1.29 is 4.39 Å². The Kier molecular flexibility index (Phi) is 1.88. The lowest BCUT2D eigenvalue weighted by atomic mass is 9.88. The van der Waals surface area contributed by atoms with Gasteiger partial charge in [-0.15, -0.1) is 0 Å². The van der Waals surface area contributed by atoms with Crippen LogP contribution in [0, 0.1) is 0 Å². The van der Waals surface area contributed by atoms with Gasteiger partial charge in [0.1, 0.15) is 5.67 Å². The molecule has 0 aromatic heterocycles. The molecule has 2 aliphatic heterocycles. The number of hydrogen-bond donors (Lipinski definition) is 1. The highest BCUT2D eigenvalue weighted by atomic mass is 19.1. The van der Waals surface area contributed by atoms with Gasteiger partial charge in [-0.3, -0.25) is 0 Å². The number of rotatable bonds is 1. The highest BCUT2D eigenvalue weighted by molar-refractivity contribution is 5.01. The van der Waals surface area contributed by atoms with Crippen molar-refractivity contribution in [3.05, 3.63) is 0 Å². The van der Waals surface area contributed by atoms with Crippen LogP contribution < -0.4 is 5.73 Å². The molecule has 2 aliphatic rings. The lowest BCUT2D eigenvalue weighted by Gasteiger charge is -2.39. The summed E-state index contributed by atoms with van der Waals surface area (Å²) in [5.74, 6) is 0. The maximum Gasteiger partial charge on any atom is 0.126 e. The number of halogens is 1. The van der Waals surface area contributed by atoms with Gasteiger partial charge in [0.15, 0.2) is 0 Å². The number of nitrogens with two attached hydrogens (primary N) is 1. The number of nitrogens with zero attached hydrogens (tertiary/aromatic N) is 1. The lowest BCUT2D eigenvalue weighted by molar-refractivity contribution is 0.0313. The summed E-state index contributed by atoms with van der Waals surface area (Å²) in [7, 11) is 2.11. The molecule has 0 aromatic carbocycles. The van der Waals surface area contributed by atoms with Gasteiger partial charge in [-0.05, 0) is 32.7 Å². The van der Waals surface area contributed by atoms with E-state index in [9.17, 15) is 4.39 Å². The molecule has 2 nitrogen and oxygen atoms in total. The average molecular weight is 172 g/mol. The van der Waals surface area contributed by atoms with Crippen molar-refractivity contribution in [3.63, 3.8) is 0 Å². The highest BCUT2D eigenvalue weighted by Crippen LogP contribution is 2.41. The molecule has 70 valence electrons. The fourth-order valence-electron chi connectivity index (χ4n) is 2.68. The molecule has 0 saturated carbocycles. The van der Waals surface area contributed by atoms with E-state index < -0.39 is 5.67 Å². The maximum absolute atomic E-state index is 13.9. The molecular formula is C9H17FN2. The highest BCUT2D eigenvalue weighted by Gasteiger charge is 2.46. The van der Waals surface area contributed by atoms with Crippen LogP contribution in [0.3, 0.4) is 0 Å². The largest absolute Gasteiger partial charge is 0.328 e. The average Bonchev–Trinajstić information content (AvgIpc) is 2.32. The molecular weight excluding hydrogens is 155 g/mol. The van der Waals surface area contributed by atoms with E-state index in [1.165, 1.54) is 0 Å². The summed E-state index contributed by atoms with van der Waals surface area (Å²) >= 11 is 0. The van der Waals surface area contributed by atoms with Crippen molar-refractivity contribution >= 4 is 0 Å². The molecule has 2 bridgehead atoms. The van der Waals surface area contributed by atoms with Gasteiger partial charge in [-0.2, -0.15) is 0 Å². The fourth-order valence-corrected chi connectivity index (χ4v) is 2.68. The Morgan fingerprint density at radius 2 is 1.92 bits per heavy atom. The molecule has 3 heteroatoms. The van der Waals surface area contributed by atoms with E-state index in [2.05, 4.69) is 11.9 Å². The first-order valence-electron chi connectivity index (χ1n) is 4.75. The molecule has 0 radical (unpaired) electrons. The van der Waals surface area contributed by atoms with Gasteiger partial charge in [0.05, 0.1) is 0 Å². The molecule has 2 rings (SSSR count). The summed E-state index contributed by atoms with van der Waals surface area (Å²) in [5, 5.41) is 0. The quantitative estimate of drug-likeness (QED) is 0.637. The Hall–Kier alpha value is -0.150. The second-order valence-electron chi connectivity index (χ2n) is 4.31. The molecule has 2 atom stereocenters. The van der Waals surface area contributed by atoms with Gasteiger partial charge in [0.25, 0.3) is 0 Å². The molecule has 0 amide bonds. The van der Waals surface area contributed by atoms with Gasteiger partial charge in [0, 0.05) is 18.6 Å². The Morgan fingerprint density at radius 3 is 2.33 bits per heavy atom. The number of piperidine rings is 1. The maximum atomic E-state index is 13.9. The van der Waals surface area contributed by atoms with Crippen LogP contribution in [-0.4, -0.2) is 36.2 Å². The predicted octanol–water partition coefficient (Wildman–Crippen LogP) is 0.910. The Balaban J connectivity index is 2.12. The fraction of sp³-hybridized carbons (Fsp3) is 1.00. The molecule has 2 heterocycles. The van der Waals surface area contributed by atoms with Crippen LogP contribution >= 0.6 is 0 Å². The normalized spacial score (nSPS) is 48.2. The molecule has 2 unspecified atom stereocenters. The van der Waals surface area contributed by atoms with Crippen molar-refractivity contribution in [1.82, 2.24) is 4.90 Å². The van der Waals surface area contributed by atoms with Crippen LogP contribution in [-0.2, 0) is 0 Å². The van der Waals surface area contributed by atoms with E-state index in [1.54, 1.807) is 0 Å².